The minimum Gasteiger partial charge on any atom is -0.467 e. The highest BCUT2D eigenvalue weighted by Gasteiger charge is 2.16. The largest absolute Gasteiger partial charge is 0.467 e. The fraction of sp³-hybridized carbons (Fsp3) is 0.700. The molecule has 0 aromatic carbocycles. The average Bonchev–Trinajstić information content (AvgIpc) is 2.89. The Morgan fingerprint density at radius 1 is 1.35 bits per heavy atom. The molecule has 1 aliphatic rings. The van der Waals surface area contributed by atoms with E-state index >= 15 is 0 Å². The van der Waals surface area contributed by atoms with E-state index in [2.05, 4.69) is 20.4 Å². The van der Waals surface area contributed by atoms with Crippen molar-refractivity contribution in [1.82, 2.24) is 15.0 Å². The second-order valence-corrected chi connectivity index (χ2v) is 5.02. The molecule has 1 fully saturated rings. The van der Waals surface area contributed by atoms with Gasteiger partial charge in [-0.25, -0.2) is 5.84 Å². The molecule has 1 heterocycles. The maximum atomic E-state index is 5.29. The van der Waals surface area contributed by atoms with Crippen molar-refractivity contribution in [3.63, 3.8) is 0 Å². The molecule has 0 atom stereocenters. The van der Waals surface area contributed by atoms with Gasteiger partial charge >= 0.3 is 6.01 Å². The van der Waals surface area contributed by atoms with Gasteiger partial charge in [0.1, 0.15) is 0 Å². The first-order valence-electron chi connectivity index (χ1n) is 5.71. The molecule has 17 heavy (non-hydrogen) atoms. The number of nitrogens with one attached hydrogen (secondary N) is 1. The minimum absolute atomic E-state index is 0.293. The second kappa shape index (κ2) is 6.02. The molecule has 2 rings (SSSR count). The Labute approximate surface area is 105 Å². The maximum Gasteiger partial charge on any atom is 0.321 e. The van der Waals surface area contributed by atoms with E-state index in [1.165, 1.54) is 32.8 Å². The molecular formula is C10H17N5OS. The molecule has 94 valence electrons. The van der Waals surface area contributed by atoms with Crippen LogP contribution in [0, 0.1) is 5.92 Å². The standard InChI is InChI=1S/C10H17N5OS/c1-16-9-12-8(15-11)13-10(14-9)17-6-7-4-2-3-5-7/h7H,2-6,11H2,1H3,(H,12,13,14,15). The molecule has 1 saturated carbocycles. The molecule has 6 nitrogen and oxygen atoms in total. The highest BCUT2D eigenvalue weighted by Crippen LogP contribution is 2.30. The van der Waals surface area contributed by atoms with Gasteiger partial charge in [-0.05, 0) is 18.8 Å². The lowest BCUT2D eigenvalue weighted by Crippen LogP contribution is -2.12. The Morgan fingerprint density at radius 2 is 2.12 bits per heavy atom. The van der Waals surface area contributed by atoms with Gasteiger partial charge in [0.05, 0.1) is 7.11 Å². The van der Waals surface area contributed by atoms with Crippen molar-refractivity contribution < 1.29 is 4.74 Å². The van der Waals surface area contributed by atoms with Gasteiger partial charge in [-0.3, -0.25) is 5.43 Å². The summed E-state index contributed by atoms with van der Waals surface area (Å²) in [5.74, 6) is 7.47. The van der Waals surface area contributed by atoms with Crippen LogP contribution in [-0.2, 0) is 0 Å². The number of nitrogen functional groups attached to an aromatic ring is 1. The van der Waals surface area contributed by atoms with Gasteiger partial charge in [0.15, 0.2) is 5.16 Å². The number of ether oxygens (including phenoxy) is 1. The Hall–Kier alpha value is -1.08. The van der Waals surface area contributed by atoms with E-state index in [4.69, 9.17) is 10.6 Å². The second-order valence-electron chi connectivity index (χ2n) is 4.03. The predicted molar refractivity (Wildman–Crippen MR) is 66.9 cm³/mol. The molecule has 3 N–H and O–H groups in total. The van der Waals surface area contributed by atoms with Crippen molar-refractivity contribution in [3.05, 3.63) is 0 Å². The summed E-state index contributed by atoms with van der Waals surface area (Å²) in [6, 6.07) is 0.293. The number of thioether (sulfide) groups is 1. The number of nitrogens with zero attached hydrogens (tertiary/aromatic N) is 3. The van der Waals surface area contributed by atoms with Crippen LogP contribution in [0.1, 0.15) is 25.7 Å². The molecule has 0 bridgehead atoms. The summed E-state index contributed by atoms with van der Waals surface area (Å²) in [5, 5.41) is 0.664. The lowest BCUT2D eigenvalue weighted by molar-refractivity contribution is 0.373. The van der Waals surface area contributed by atoms with E-state index in [-0.39, 0.29) is 0 Å². The topological polar surface area (TPSA) is 86.0 Å². The summed E-state index contributed by atoms with van der Waals surface area (Å²) in [6.45, 7) is 0. The van der Waals surface area contributed by atoms with E-state index in [1.54, 1.807) is 11.8 Å². The first-order chi connectivity index (χ1) is 8.31. The van der Waals surface area contributed by atoms with Gasteiger partial charge in [0.2, 0.25) is 5.95 Å². The van der Waals surface area contributed by atoms with Crippen molar-refractivity contribution in [3.8, 4) is 6.01 Å². The number of aromatic nitrogens is 3. The molecule has 0 aliphatic heterocycles. The molecule has 0 amide bonds. The molecule has 0 radical (unpaired) electrons. The number of hydrazine groups is 1. The van der Waals surface area contributed by atoms with E-state index in [1.807, 2.05) is 0 Å². The molecule has 1 aromatic heterocycles. The van der Waals surface area contributed by atoms with Gasteiger partial charge < -0.3 is 4.74 Å². The van der Waals surface area contributed by atoms with Crippen LogP contribution in [0.4, 0.5) is 5.95 Å². The summed E-state index contributed by atoms with van der Waals surface area (Å²) in [6.07, 6.45) is 5.33. The van der Waals surface area contributed by atoms with E-state index < -0.39 is 0 Å². The normalized spacial score (nSPS) is 16.1. The van der Waals surface area contributed by atoms with E-state index in [0.29, 0.717) is 17.1 Å². The van der Waals surface area contributed by atoms with Gasteiger partial charge in [-0.1, -0.05) is 24.6 Å². The molecule has 1 aliphatic carbocycles. The third kappa shape index (κ3) is 3.44. The van der Waals surface area contributed by atoms with Gasteiger partial charge in [-0.2, -0.15) is 15.0 Å². The summed E-state index contributed by atoms with van der Waals surface area (Å²) >= 11 is 1.64. The number of rotatable bonds is 5. The smallest absolute Gasteiger partial charge is 0.321 e. The van der Waals surface area contributed by atoms with Crippen LogP contribution >= 0.6 is 11.8 Å². The Bertz CT molecular complexity index is 347. The number of hydrogen-bond acceptors (Lipinski definition) is 7. The van der Waals surface area contributed by atoms with Crippen molar-refractivity contribution in [2.45, 2.75) is 30.8 Å². The number of methoxy groups -OCH3 is 1. The van der Waals surface area contributed by atoms with Gasteiger partial charge in [-0.15, -0.1) is 0 Å². The Kier molecular flexibility index (Phi) is 4.38. The SMILES string of the molecule is COc1nc(NN)nc(SCC2CCCC2)n1. The average molecular weight is 255 g/mol. The van der Waals surface area contributed by atoms with Crippen molar-refractivity contribution in [2.75, 3.05) is 18.3 Å². The highest BCUT2D eigenvalue weighted by atomic mass is 32.2. The summed E-state index contributed by atoms with van der Waals surface area (Å²) in [5.41, 5.74) is 2.41. The zero-order valence-electron chi connectivity index (χ0n) is 9.85. The lowest BCUT2D eigenvalue weighted by atomic mass is 10.1. The monoisotopic (exact) mass is 255 g/mol. The number of anilines is 1. The number of hydrogen-bond donors (Lipinski definition) is 2. The highest BCUT2D eigenvalue weighted by molar-refractivity contribution is 7.99. The van der Waals surface area contributed by atoms with Crippen LogP contribution in [0.5, 0.6) is 6.01 Å². The van der Waals surface area contributed by atoms with Crippen LogP contribution in [0.2, 0.25) is 0 Å². The fourth-order valence-electron chi connectivity index (χ4n) is 1.93. The Balaban J connectivity index is 1.98. The third-order valence-electron chi connectivity index (χ3n) is 2.83. The van der Waals surface area contributed by atoms with Crippen molar-refractivity contribution in [2.24, 2.45) is 11.8 Å². The van der Waals surface area contributed by atoms with E-state index in [0.717, 1.165) is 11.7 Å². The first-order valence-corrected chi connectivity index (χ1v) is 6.70. The van der Waals surface area contributed by atoms with Crippen LogP contribution in [-0.4, -0.2) is 27.8 Å². The van der Waals surface area contributed by atoms with E-state index in [9.17, 15) is 0 Å². The molecule has 0 unspecified atom stereocenters. The van der Waals surface area contributed by atoms with Crippen molar-refractivity contribution >= 4 is 17.7 Å². The predicted octanol–water partition coefficient (Wildman–Crippen LogP) is 1.45. The molecule has 7 heteroatoms. The van der Waals surface area contributed by atoms with Crippen LogP contribution in [0.15, 0.2) is 5.16 Å². The number of nitrogens with two attached hydrogens (primary N) is 1. The van der Waals surface area contributed by atoms with Gasteiger partial charge in [0.25, 0.3) is 0 Å². The van der Waals surface area contributed by atoms with Gasteiger partial charge in [0, 0.05) is 5.75 Å². The molecular weight excluding hydrogens is 238 g/mol. The summed E-state index contributed by atoms with van der Waals surface area (Å²) in [7, 11) is 1.53. The zero-order chi connectivity index (χ0) is 12.1. The summed E-state index contributed by atoms with van der Waals surface area (Å²) in [4.78, 5) is 12.3. The summed E-state index contributed by atoms with van der Waals surface area (Å²) < 4.78 is 5.00. The lowest BCUT2D eigenvalue weighted by Gasteiger charge is -2.08. The van der Waals surface area contributed by atoms with Crippen LogP contribution in [0.25, 0.3) is 0 Å². The molecule has 1 aromatic rings. The first kappa shape index (κ1) is 12.4. The molecule has 0 spiro atoms. The van der Waals surface area contributed by atoms with Crippen LogP contribution < -0.4 is 16.0 Å². The maximum absolute atomic E-state index is 5.29. The van der Waals surface area contributed by atoms with Crippen molar-refractivity contribution in [1.29, 1.82) is 0 Å². The zero-order valence-corrected chi connectivity index (χ0v) is 10.7. The quantitative estimate of drug-likeness (QED) is 0.468. The van der Waals surface area contributed by atoms with Crippen LogP contribution in [0.3, 0.4) is 0 Å². The molecule has 0 saturated heterocycles. The Morgan fingerprint density at radius 3 is 2.76 bits per heavy atom. The minimum atomic E-state index is 0.293. The fourth-order valence-corrected chi connectivity index (χ4v) is 2.94. The third-order valence-corrected chi connectivity index (χ3v) is 3.91.